The van der Waals surface area contributed by atoms with Crippen LogP contribution in [0.4, 0.5) is 22.5 Å². The Bertz CT molecular complexity index is 1310. The van der Waals surface area contributed by atoms with E-state index in [1.165, 1.54) is 16.9 Å². The molecule has 8 nitrogen and oxygen atoms in total. The standard InChI is InChI=1S/C25H27N7OS/c1-17-4-6-19(7-5-17)31(3)22-9-8-20-23(29-22)34-25(27-20)28-21-16-18(10-11-26-21)24(33)32-14-12-30(2)13-15-32/h4-11,16H,12-15H2,1-3H3,(H,26,27,28). The van der Waals surface area contributed by atoms with Crippen molar-refractivity contribution >= 4 is 50.0 Å². The number of benzene rings is 1. The molecule has 4 aromatic rings. The average molecular weight is 474 g/mol. The van der Waals surface area contributed by atoms with E-state index in [0.29, 0.717) is 16.5 Å². The minimum Gasteiger partial charge on any atom is -0.336 e. The number of aromatic nitrogens is 3. The molecule has 5 rings (SSSR count). The van der Waals surface area contributed by atoms with Gasteiger partial charge in [0, 0.05) is 50.7 Å². The number of fused-ring (bicyclic) bond motifs is 1. The molecule has 0 atom stereocenters. The first-order chi connectivity index (χ1) is 16.5. The van der Waals surface area contributed by atoms with Gasteiger partial charge in [0.15, 0.2) is 5.13 Å². The van der Waals surface area contributed by atoms with Crippen LogP contribution in [-0.2, 0) is 0 Å². The Balaban J connectivity index is 1.33. The van der Waals surface area contributed by atoms with Crippen molar-refractivity contribution in [2.45, 2.75) is 6.92 Å². The Hall–Kier alpha value is -3.56. The summed E-state index contributed by atoms with van der Waals surface area (Å²) in [5.74, 6) is 1.48. The van der Waals surface area contributed by atoms with Crippen LogP contribution in [0.15, 0.2) is 54.7 Å². The molecule has 4 heterocycles. The quantitative estimate of drug-likeness (QED) is 0.463. The van der Waals surface area contributed by atoms with Crippen LogP contribution in [0.25, 0.3) is 10.3 Å². The predicted octanol–water partition coefficient (Wildman–Crippen LogP) is 4.29. The lowest BCUT2D eigenvalue weighted by Crippen LogP contribution is -2.47. The third-order valence-electron chi connectivity index (χ3n) is 6.04. The number of carbonyl (C=O) groups excluding carboxylic acids is 1. The minimum absolute atomic E-state index is 0.0355. The van der Waals surface area contributed by atoms with E-state index in [4.69, 9.17) is 4.98 Å². The lowest BCUT2D eigenvalue weighted by Gasteiger charge is -2.32. The Morgan fingerprint density at radius 2 is 1.79 bits per heavy atom. The highest BCUT2D eigenvalue weighted by Crippen LogP contribution is 2.30. The van der Waals surface area contributed by atoms with Gasteiger partial charge in [0.05, 0.1) is 0 Å². The van der Waals surface area contributed by atoms with E-state index in [-0.39, 0.29) is 5.91 Å². The first-order valence-corrected chi connectivity index (χ1v) is 12.1. The molecule has 1 amide bonds. The number of pyridine rings is 2. The lowest BCUT2D eigenvalue weighted by atomic mass is 10.2. The summed E-state index contributed by atoms with van der Waals surface area (Å²) in [6.45, 7) is 5.34. The number of rotatable bonds is 5. The largest absolute Gasteiger partial charge is 0.336 e. The summed E-state index contributed by atoms with van der Waals surface area (Å²) < 4.78 is 0. The summed E-state index contributed by atoms with van der Waals surface area (Å²) in [5.41, 5.74) is 3.74. The van der Waals surface area contributed by atoms with Crippen LogP contribution >= 0.6 is 11.3 Å². The van der Waals surface area contributed by atoms with Gasteiger partial charge in [-0.25, -0.2) is 15.0 Å². The summed E-state index contributed by atoms with van der Waals surface area (Å²) in [6, 6.07) is 15.9. The number of piperazine rings is 1. The number of carbonyl (C=O) groups is 1. The number of amides is 1. The third kappa shape index (κ3) is 4.71. The van der Waals surface area contributed by atoms with Gasteiger partial charge < -0.3 is 20.0 Å². The van der Waals surface area contributed by atoms with Crippen LogP contribution in [0.1, 0.15) is 15.9 Å². The van der Waals surface area contributed by atoms with Crippen molar-refractivity contribution in [2.24, 2.45) is 0 Å². The fraction of sp³-hybridized carbons (Fsp3) is 0.280. The van der Waals surface area contributed by atoms with E-state index < -0.39 is 0 Å². The second-order valence-electron chi connectivity index (χ2n) is 8.56. The topological polar surface area (TPSA) is 77.5 Å². The number of anilines is 4. The van der Waals surface area contributed by atoms with Crippen LogP contribution in [0.2, 0.25) is 0 Å². The number of hydrogen-bond donors (Lipinski definition) is 1. The molecule has 3 aromatic heterocycles. The van der Waals surface area contributed by atoms with Crippen LogP contribution in [0.3, 0.4) is 0 Å². The molecule has 0 radical (unpaired) electrons. The van der Waals surface area contributed by atoms with Crippen molar-refractivity contribution in [3.63, 3.8) is 0 Å². The van der Waals surface area contributed by atoms with Crippen molar-refractivity contribution in [3.05, 3.63) is 65.9 Å². The van der Waals surface area contributed by atoms with Gasteiger partial charge >= 0.3 is 0 Å². The second kappa shape index (κ2) is 9.36. The highest BCUT2D eigenvalue weighted by molar-refractivity contribution is 7.21. The first-order valence-electron chi connectivity index (χ1n) is 11.3. The van der Waals surface area contributed by atoms with Gasteiger partial charge in [-0.15, -0.1) is 0 Å². The molecule has 174 valence electrons. The molecule has 0 bridgehead atoms. The van der Waals surface area contributed by atoms with E-state index in [2.05, 4.69) is 63.3 Å². The summed E-state index contributed by atoms with van der Waals surface area (Å²) in [4.78, 5) is 33.8. The number of aryl methyl sites for hydroxylation is 1. The molecule has 1 saturated heterocycles. The number of nitrogens with zero attached hydrogens (tertiary/aromatic N) is 6. The van der Waals surface area contributed by atoms with E-state index in [1.807, 2.05) is 24.1 Å². The van der Waals surface area contributed by atoms with Crippen molar-refractivity contribution < 1.29 is 4.79 Å². The summed E-state index contributed by atoms with van der Waals surface area (Å²) in [6.07, 6.45) is 1.66. The van der Waals surface area contributed by atoms with Crippen LogP contribution in [0, 0.1) is 6.92 Å². The van der Waals surface area contributed by atoms with E-state index >= 15 is 0 Å². The summed E-state index contributed by atoms with van der Waals surface area (Å²) >= 11 is 1.46. The molecule has 34 heavy (non-hydrogen) atoms. The molecular formula is C25H27N7OS. The monoisotopic (exact) mass is 473 g/mol. The van der Waals surface area contributed by atoms with Crippen molar-refractivity contribution in [1.82, 2.24) is 24.8 Å². The van der Waals surface area contributed by atoms with E-state index in [9.17, 15) is 4.79 Å². The maximum Gasteiger partial charge on any atom is 0.254 e. The Morgan fingerprint density at radius 3 is 2.56 bits per heavy atom. The van der Waals surface area contributed by atoms with Crippen molar-refractivity contribution in [1.29, 1.82) is 0 Å². The zero-order chi connectivity index (χ0) is 23.7. The van der Waals surface area contributed by atoms with Crippen molar-refractivity contribution in [2.75, 3.05) is 50.5 Å². The van der Waals surface area contributed by atoms with Gasteiger partial charge in [0.25, 0.3) is 5.91 Å². The van der Waals surface area contributed by atoms with Gasteiger partial charge in [-0.1, -0.05) is 29.0 Å². The van der Waals surface area contributed by atoms with E-state index in [1.54, 1.807) is 18.3 Å². The fourth-order valence-corrected chi connectivity index (χ4v) is 4.72. The third-order valence-corrected chi connectivity index (χ3v) is 6.92. The smallest absolute Gasteiger partial charge is 0.254 e. The lowest BCUT2D eigenvalue weighted by molar-refractivity contribution is 0.0664. The molecule has 1 fully saturated rings. The van der Waals surface area contributed by atoms with Gasteiger partial charge in [-0.05, 0) is 50.4 Å². The van der Waals surface area contributed by atoms with Crippen molar-refractivity contribution in [3.8, 4) is 0 Å². The van der Waals surface area contributed by atoms with Crippen LogP contribution in [0.5, 0.6) is 0 Å². The molecule has 0 saturated carbocycles. The summed E-state index contributed by atoms with van der Waals surface area (Å²) in [7, 11) is 4.08. The zero-order valence-corrected chi connectivity index (χ0v) is 20.3. The molecule has 9 heteroatoms. The zero-order valence-electron chi connectivity index (χ0n) is 19.5. The Morgan fingerprint density at radius 1 is 1.03 bits per heavy atom. The maximum atomic E-state index is 12.9. The molecule has 0 spiro atoms. The molecule has 0 aliphatic carbocycles. The SMILES string of the molecule is Cc1ccc(N(C)c2ccc3nc(Nc4cc(C(=O)N5CCN(C)CC5)ccn4)sc3n2)cc1. The number of likely N-dealkylation sites (N-methyl/N-ethyl adjacent to an activating group) is 1. The van der Waals surface area contributed by atoms with Crippen LogP contribution < -0.4 is 10.2 Å². The molecule has 0 unspecified atom stereocenters. The highest BCUT2D eigenvalue weighted by atomic mass is 32.1. The molecular weight excluding hydrogens is 446 g/mol. The molecule has 1 aliphatic heterocycles. The van der Waals surface area contributed by atoms with Gasteiger partial charge in [0.2, 0.25) is 0 Å². The number of hydrogen-bond acceptors (Lipinski definition) is 8. The average Bonchev–Trinajstić information content (AvgIpc) is 3.25. The van der Waals surface area contributed by atoms with Gasteiger partial charge in [-0.3, -0.25) is 4.79 Å². The molecule has 1 aliphatic rings. The van der Waals surface area contributed by atoms with Gasteiger partial charge in [-0.2, -0.15) is 0 Å². The Kier molecular flexibility index (Phi) is 6.12. The summed E-state index contributed by atoms with van der Waals surface area (Å²) in [5, 5.41) is 3.94. The first kappa shape index (κ1) is 22.2. The normalized spacial score (nSPS) is 14.4. The van der Waals surface area contributed by atoms with Crippen LogP contribution in [-0.4, -0.2) is 70.9 Å². The second-order valence-corrected chi connectivity index (χ2v) is 9.54. The minimum atomic E-state index is 0.0355. The molecule has 1 N–H and O–H groups in total. The van der Waals surface area contributed by atoms with Gasteiger partial charge in [0.1, 0.15) is 22.0 Å². The predicted molar refractivity (Wildman–Crippen MR) is 138 cm³/mol. The number of nitrogens with one attached hydrogen (secondary N) is 1. The highest BCUT2D eigenvalue weighted by Gasteiger charge is 2.21. The number of thiazole rings is 1. The van der Waals surface area contributed by atoms with E-state index in [0.717, 1.165) is 48.0 Å². The maximum absolute atomic E-state index is 12.9. The Labute approximate surface area is 202 Å². The fourth-order valence-electron chi connectivity index (χ4n) is 3.88. The molecule has 1 aromatic carbocycles.